The van der Waals surface area contributed by atoms with E-state index in [0.29, 0.717) is 6.04 Å². The number of aromatic nitrogens is 2. The summed E-state index contributed by atoms with van der Waals surface area (Å²) in [5, 5.41) is 3.60. The molecular formula is C18H25N3. The minimum atomic E-state index is 0.630. The van der Waals surface area contributed by atoms with Crippen molar-refractivity contribution in [3.63, 3.8) is 0 Å². The first kappa shape index (κ1) is 15.6. The summed E-state index contributed by atoms with van der Waals surface area (Å²) in [6.07, 6.45) is 10.3. The molecule has 3 rings (SSSR count). The van der Waals surface area contributed by atoms with Gasteiger partial charge in [-0.3, -0.25) is 9.97 Å². The molecule has 0 radical (unpaired) electrons. The molecule has 1 aliphatic heterocycles. The fourth-order valence-corrected chi connectivity index (χ4v) is 2.69. The maximum Gasteiger partial charge on any atom is 0.0885 e. The number of rotatable bonds is 3. The minimum Gasteiger partial charge on any atom is -0.314 e. The van der Waals surface area contributed by atoms with Gasteiger partial charge in [-0.25, -0.2) is 0 Å². The molecule has 1 saturated heterocycles. The third-order valence-corrected chi connectivity index (χ3v) is 3.68. The molecule has 3 heteroatoms. The Balaban J connectivity index is 0.000000774. The van der Waals surface area contributed by atoms with Gasteiger partial charge in [0.15, 0.2) is 0 Å². The summed E-state index contributed by atoms with van der Waals surface area (Å²) in [5.74, 6) is 0. The van der Waals surface area contributed by atoms with Crippen LogP contribution in [0.5, 0.6) is 0 Å². The molecule has 112 valence electrons. The van der Waals surface area contributed by atoms with Crippen LogP contribution in [0.25, 0.3) is 11.3 Å². The highest BCUT2D eigenvalue weighted by molar-refractivity contribution is 5.58. The first-order valence-electron chi connectivity index (χ1n) is 8.00. The van der Waals surface area contributed by atoms with Crippen molar-refractivity contribution < 1.29 is 0 Å². The Bertz CT molecular complexity index is 519. The molecule has 1 atom stereocenters. The molecule has 1 aromatic heterocycles. The van der Waals surface area contributed by atoms with Gasteiger partial charge in [-0.2, -0.15) is 0 Å². The molecule has 1 N–H and O–H groups in total. The third kappa shape index (κ3) is 4.64. The van der Waals surface area contributed by atoms with Crippen LogP contribution < -0.4 is 5.32 Å². The monoisotopic (exact) mass is 283 g/mol. The van der Waals surface area contributed by atoms with Crippen LogP contribution in [-0.2, 0) is 6.42 Å². The molecule has 21 heavy (non-hydrogen) atoms. The Kier molecular flexibility index (Phi) is 6.35. The van der Waals surface area contributed by atoms with Gasteiger partial charge in [0, 0.05) is 24.0 Å². The van der Waals surface area contributed by atoms with E-state index in [-0.39, 0.29) is 0 Å². The van der Waals surface area contributed by atoms with E-state index in [1.54, 1.807) is 12.4 Å². The number of nitrogens with one attached hydrogen (secondary N) is 1. The second-order valence-electron chi connectivity index (χ2n) is 5.14. The standard InChI is InChI=1S/C16H19N3.C2H6/c1-2-7-18-15(6-1)11-13-4-3-5-14(10-13)16-12-17-8-9-19-16;1-2/h3-5,8-10,12,15,18H,1-2,6-7,11H2;1-2H3. The molecule has 1 aliphatic rings. The van der Waals surface area contributed by atoms with Crippen molar-refractivity contribution in [2.75, 3.05) is 6.54 Å². The molecule has 3 nitrogen and oxygen atoms in total. The van der Waals surface area contributed by atoms with Gasteiger partial charge in [-0.05, 0) is 37.4 Å². The molecule has 2 heterocycles. The first-order valence-corrected chi connectivity index (χ1v) is 8.00. The van der Waals surface area contributed by atoms with Crippen LogP contribution in [0.3, 0.4) is 0 Å². The Hall–Kier alpha value is -1.74. The topological polar surface area (TPSA) is 37.8 Å². The highest BCUT2D eigenvalue weighted by Crippen LogP contribution is 2.19. The zero-order chi connectivity index (χ0) is 14.9. The number of piperidine rings is 1. The molecule has 0 bridgehead atoms. The summed E-state index contributed by atoms with van der Waals surface area (Å²) in [4.78, 5) is 8.49. The van der Waals surface area contributed by atoms with Crippen molar-refractivity contribution in [2.24, 2.45) is 0 Å². The number of benzene rings is 1. The average molecular weight is 283 g/mol. The summed E-state index contributed by atoms with van der Waals surface area (Å²) in [6, 6.07) is 9.28. The van der Waals surface area contributed by atoms with Gasteiger partial charge in [0.1, 0.15) is 0 Å². The van der Waals surface area contributed by atoms with Crippen LogP contribution in [0.15, 0.2) is 42.9 Å². The van der Waals surface area contributed by atoms with Crippen molar-refractivity contribution in [1.29, 1.82) is 0 Å². The van der Waals surface area contributed by atoms with E-state index in [4.69, 9.17) is 0 Å². The third-order valence-electron chi connectivity index (χ3n) is 3.68. The predicted molar refractivity (Wildman–Crippen MR) is 88.2 cm³/mol. The van der Waals surface area contributed by atoms with E-state index in [0.717, 1.165) is 24.2 Å². The van der Waals surface area contributed by atoms with Gasteiger partial charge in [-0.15, -0.1) is 0 Å². The molecule has 1 fully saturated rings. The van der Waals surface area contributed by atoms with E-state index in [2.05, 4.69) is 39.6 Å². The fourth-order valence-electron chi connectivity index (χ4n) is 2.69. The smallest absolute Gasteiger partial charge is 0.0885 e. The van der Waals surface area contributed by atoms with Gasteiger partial charge in [0.25, 0.3) is 0 Å². The summed E-state index contributed by atoms with van der Waals surface area (Å²) in [5.41, 5.74) is 3.48. The van der Waals surface area contributed by atoms with E-state index in [1.807, 2.05) is 20.0 Å². The molecular weight excluding hydrogens is 258 g/mol. The van der Waals surface area contributed by atoms with Crippen molar-refractivity contribution >= 4 is 0 Å². The molecule has 0 spiro atoms. The van der Waals surface area contributed by atoms with E-state index in [1.165, 1.54) is 24.8 Å². The summed E-state index contributed by atoms with van der Waals surface area (Å²) < 4.78 is 0. The number of hydrogen-bond acceptors (Lipinski definition) is 3. The summed E-state index contributed by atoms with van der Waals surface area (Å²) in [6.45, 7) is 5.16. The van der Waals surface area contributed by atoms with Crippen LogP contribution in [0.4, 0.5) is 0 Å². The van der Waals surface area contributed by atoms with Crippen LogP contribution >= 0.6 is 0 Å². The molecule has 2 aromatic rings. The van der Waals surface area contributed by atoms with Crippen LogP contribution in [0.1, 0.15) is 38.7 Å². The zero-order valence-electron chi connectivity index (χ0n) is 13.0. The lowest BCUT2D eigenvalue weighted by Crippen LogP contribution is -2.35. The Morgan fingerprint density at radius 3 is 2.81 bits per heavy atom. The molecule has 1 unspecified atom stereocenters. The summed E-state index contributed by atoms with van der Waals surface area (Å²) in [7, 11) is 0. The van der Waals surface area contributed by atoms with Crippen molar-refractivity contribution in [3.05, 3.63) is 48.4 Å². The Labute approximate surface area is 127 Å². The lowest BCUT2D eigenvalue weighted by Gasteiger charge is -2.23. The lowest BCUT2D eigenvalue weighted by molar-refractivity contribution is 0.399. The van der Waals surface area contributed by atoms with E-state index in [9.17, 15) is 0 Å². The van der Waals surface area contributed by atoms with Gasteiger partial charge in [0.05, 0.1) is 11.9 Å². The minimum absolute atomic E-state index is 0.630. The SMILES string of the molecule is CC.c1cc(CC2CCCCN2)cc(-c2cnccn2)c1. The highest BCUT2D eigenvalue weighted by atomic mass is 14.9. The van der Waals surface area contributed by atoms with Gasteiger partial charge >= 0.3 is 0 Å². The summed E-state index contributed by atoms with van der Waals surface area (Å²) >= 11 is 0. The maximum atomic E-state index is 4.36. The van der Waals surface area contributed by atoms with Crippen molar-refractivity contribution in [2.45, 2.75) is 45.6 Å². The molecule has 0 aliphatic carbocycles. The fraction of sp³-hybridized carbons (Fsp3) is 0.444. The van der Waals surface area contributed by atoms with E-state index >= 15 is 0 Å². The second kappa shape index (κ2) is 8.53. The average Bonchev–Trinajstić information content (AvgIpc) is 2.59. The second-order valence-corrected chi connectivity index (χ2v) is 5.14. The Morgan fingerprint density at radius 2 is 2.10 bits per heavy atom. The van der Waals surface area contributed by atoms with E-state index < -0.39 is 0 Å². The van der Waals surface area contributed by atoms with Crippen LogP contribution in [0, 0.1) is 0 Å². The normalized spacial score (nSPS) is 17.7. The van der Waals surface area contributed by atoms with Gasteiger partial charge in [0.2, 0.25) is 0 Å². The molecule has 0 amide bonds. The van der Waals surface area contributed by atoms with Crippen molar-refractivity contribution in [1.82, 2.24) is 15.3 Å². The van der Waals surface area contributed by atoms with Crippen LogP contribution in [0.2, 0.25) is 0 Å². The molecule has 0 saturated carbocycles. The molecule has 1 aromatic carbocycles. The van der Waals surface area contributed by atoms with Crippen molar-refractivity contribution in [3.8, 4) is 11.3 Å². The van der Waals surface area contributed by atoms with Gasteiger partial charge in [-0.1, -0.05) is 38.5 Å². The quantitative estimate of drug-likeness (QED) is 0.929. The Morgan fingerprint density at radius 1 is 1.19 bits per heavy atom. The number of hydrogen-bond donors (Lipinski definition) is 1. The first-order chi connectivity index (χ1) is 10.4. The van der Waals surface area contributed by atoms with Gasteiger partial charge < -0.3 is 5.32 Å². The largest absolute Gasteiger partial charge is 0.314 e. The lowest BCUT2D eigenvalue weighted by atomic mass is 9.96. The highest BCUT2D eigenvalue weighted by Gasteiger charge is 2.13. The maximum absolute atomic E-state index is 4.36. The number of nitrogens with zero attached hydrogens (tertiary/aromatic N) is 2. The zero-order valence-corrected chi connectivity index (χ0v) is 13.0. The van der Waals surface area contributed by atoms with Crippen LogP contribution in [-0.4, -0.2) is 22.6 Å². The predicted octanol–water partition coefficient (Wildman–Crippen LogP) is 3.85.